The standard InChI is InChI=1S/C14H30O4S/c1-3-5-6-7-8-9-10-11-13-14(12-4-2)18-19(15,16)17/h14H,3-13H2,1-2H3,(H,15,16,17). The Kier molecular flexibility index (Phi) is 11.6. The van der Waals surface area contributed by atoms with E-state index in [0.29, 0.717) is 12.8 Å². The van der Waals surface area contributed by atoms with Gasteiger partial charge in [0, 0.05) is 0 Å². The van der Waals surface area contributed by atoms with E-state index in [4.69, 9.17) is 4.55 Å². The van der Waals surface area contributed by atoms with E-state index in [1.807, 2.05) is 6.92 Å². The van der Waals surface area contributed by atoms with Crippen molar-refractivity contribution in [3.05, 3.63) is 0 Å². The van der Waals surface area contributed by atoms with Crippen LogP contribution >= 0.6 is 0 Å². The van der Waals surface area contributed by atoms with Gasteiger partial charge in [0.05, 0.1) is 6.10 Å². The Morgan fingerprint density at radius 1 is 0.842 bits per heavy atom. The first-order valence-corrected chi connectivity index (χ1v) is 9.01. The highest BCUT2D eigenvalue weighted by molar-refractivity contribution is 7.80. The topological polar surface area (TPSA) is 63.6 Å². The van der Waals surface area contributed by atoms with Crippen molar-refractivity contribution in [1.82, 2.24) is 0 Å². The van der Waals surface area contributed by atoms with Gasteiger partial charge in [0.2, 0.25) is 0 Å². The third-order valence-corrected chi connectivity index (χ3v) is 3.76. The Bertz CT molecular complexity index is 288. The minimum Gasteiger partial charge on any atom is -0.264 e. The van der Waals surface area contributed by atoms with Crippen molar-refractivity contribution in [3.8, 4) is 0 Å². The van der Waals surface area contributed by atoms with E-state index in [1.54, 1.807) is 0 Å². The van der Waals surface area contributed by atoms with E-state index >= 15 is 0 Å². The maximum absolute atomic E-state index is 10.7. The molecule has 0 rings (SSSR count). The van der Waals surface area contributed by atoms with Crippen LogP contribution in [0.2, 0.25) is 0 Å². The first-order valence-electron chi connectivity index (χ1n) is 7.65. The van der Waals surface area contributed by atoms with Gasteiger partial charge in [-0.2, -0.15) is 8.42 Å². The SMILES string of the molecule is CCCCCCCCCCC(CCC)OS(=O)(=O)O. The fourth-order valence-corrected chi connectivity index (χ4v) is 2.78. The van der Waals surface area contributed by atoms with Gasteiger partial charge in [-0.1, -0.05) is 71.6 Å². The van der Waals surface area contributed by atoms with Crippen molar-refractivity contribution in [2.75, 3.05) is 0 Å². The van der Waals surface area contributed by atoms with Crippen molar-refractivity contribution in [3.63, 3.8) is 0 Å². The summed E-state index contributed by atoms with van der Waals surface area (Å²) in [6, 6.07) is 0. The molecule has 1 N–H and O–H groups in total. The average Bonchev–Trinajstić information content (AvgIpc) is 2.31. The van der Waals surface area contributed by atoms with Crippen molar-refractivity contribution in [1.29, 1.82) is 0 Å². The molecule has 0 radical (unpaired) electrons. The Morgan fingerprint density at radius 2 is 1.37 bits per heavy atom. The number of rotatable bonds is 13. The average molecular weight is 294 g/mol. The number of hydrogen-bond acceptors (Lipinski definition) is 3. The van der Waals surface area contributed by atoms with E-state index in [0.717, 1.165) is 19.3 Å². The molecule has 0 saturated carbocycles. The Labute approximate surface area is 118 Å². The lowest BCUT2D eigenvalue weighted by atomic mass is 10.0. The molecule has 0 saturated heterocycles. The van der Waals surface area contributed by atoms with Gasteiger partial charge >= 0.3 is 10.4 Å². The minimum atomic E-state index is -4.30. The molecule has 0 spiro atoms. The summed E-state index contributed by atoms with van der Waals surface area (Å²) in [5.74, 6) is 0. The normalized spacial score (nSPS) is 13.6. The zero-order valence-electron chi connectivity index (χ0n) is 12.4. The van der Waals surface area contributed by atoms with Crippen molar-refractivity contribution in [2.24, 2.45) is 0 Å². The van der Waals surface area contributed by atoms with Crippen LogP contribution in [-0.2, 0) is 14.6 Å². The number of hydrogen-bond donors (Lipinski definition) is 1. The molecule has 4 nitrogen and oxygen atoms in total. The van der Waals surface area contributed by atoms with Crippen LogP contribution in [-0.4, -0.2) is 19.1 Å². The molecule has 0 fully saturated rings. The molecule has 0 bridgehead atoms. The second-order valence-electron chi connectivity index (χ2n) is 5.20. The summed E-state index contributed by atoms with van der Waals surface area (Å²) in [6.45, 7) is 4.19. The van der Waals surface area contributed by atoms with Gasteiger partial charge in [0.25, 0.3) is 0 Å². The third-order valence-electron chi connectivity index (χ3n) is 3.25. The maximum Gasteiger partial charge on any atom is 0.397 e. The van der Waals surface area contributed by atoms with Gasteiger partial charge in [-0.05, 0) is 12.8 Å². The zero-order chi connectivity index (χ0) is 14.6. The summed E-state index contributed by atoms with van der Waals surface area (Å²) in [7, 11) is -4.30. The lowest BCUT2D eigenvalue weighted by Crippen LogP contribution is -2.17. The van der Waals surface area contributed by atoms with Gasteiger partial charge in [-0.25, -0.2) is 4.18 Å². The summed E-state index contributed by atoms with van der Waals surface area (Å²) in [6.07, 6.45) is 11.6. The lowest BCUT2D eigenvalue weighted by Gasteiger charge is -2.14. The minimum absolute atomic E-state index is 0.361. The molecule has 0 aromatic heterocycles. The van der Waals surface area contributed by atoms with E-state index in [2.05, 4.69) is 11.1 Å². The first kappa shape index (κ1) is 18.9. The van der Waals surface area contributed by atoms with Crippen molar-refractivity contribution < 1.29 is 17.2 Å². The molecule has 1 unspecified atom stereocenters. The largest absolute Gasteiger partial charge is 0.397 e. The fourth-order valence-electron chi connectivity index (χ4n) is 2.24. The number of unbranched alkanes of at least 4 members (excludes halogenated alkanes) is 7. The molecule has 19 heavy (non-hydrogen) atoms. The van der Waals surface area contributed by atoms with Gasteiger partial charge in [-0.3, -0.25) is 4.55 Å². The molecule has 116 valence electrons. The van der Waals surface area contributed by atoms with Crippen LogP contribution in [0.5, 0.6) is 0 Å². The second-order valence-corrected chi connectivity index (χ2v) is 6.25. The molecule has 0 aromatic carbocycles. The van der Waals surface area contributed by atoms with Crippen LogP contribution < -0.4 is 0 Å². The van der Waals surface area contributed by atoms with Crippen LogP contribution in [0.1, 0.15) is 84.5 Å². The second kappa shape index (κ2) is 11.7. The van der Waals surface area contributed by atoms with Crippen molar-refractivity contribution >= 4 is 10.4 Å². The smallest absolute Gasteiger partial charge is 0.264 e. The molecule has 5 heteroatoms. The molecule has 0 aromatic rings. The van der Waals surface area contributed by atoms with Crippen LogP contribution in [0.15, 0.2) is 0 Å². The highest BCUT2D eigenvalue weighted by atomic mass is 32.3. The highest BCUT2D eigenvalue weighted by Crippen LogP contribution is 2.15. The monoisotopic (exact) mass is 294 g/mol. The third kappa shape index (κ3) is 14.1. The lowest BCUT2D eigenvalue weighted by molar-refractivity contribution is 0.160. The van der Waals surface area contributed by atoms with Crippen LogP contribution in [0.4, 0.5) is 0 Å². The van der Waals surface area contributed by atoms with Crippen LogP contribution in [0.25, 0.3) is 0 Å². The Balaban J connectivity index is 3.59. The summed E-state index contributed by atoms with van der Waals surface area (Å²) < 4.78 is 34.7. The van der Waals surface area contributed by atoms with Crippen LogP contribution in [0, 0.1) is 0 Å². The van der Waals surface area contributed by atoms with Gasteiger partial charge < -0.3 is 0 Å². The van der Waals surface area contributed by atoms with E-state index < -0.39 is 10.4 Å². The molecule has 0 aliphatic rings. The van der Waals surface area contributed by atoms with Gasteiger partial charge in [-0.15, -0.1) is 0 Å². The summed E-state index contributed by atoms with van der Waals surface area (Å²) in [5.41, 5.74) is 0. The van der Waals surface area contributed by atoms with E-state index in [-0.39, 0.29) is 6.10 Å². The fraction of sp³-hybridized carbons (Fsp3) is 1.00. The molecule has 0 heterocycles. The summed E-state index contributed by atoms with van der Waals surface area (Å²) in [4.78, 5) is 0. The molecule has 0 amide bonds. The molecule has 1 atom stereocenters. The summed E-state index contributed by atoms with van der Waals surface area (Å²) in [5, 5.41) is 0. The zero-order valence-corrected chi connectivity index (χ0v) is 13.3. The van der Waals surface area contributed by atoms with Crippen molar-refractivity contribution in [2.45, 2.75) is 90.6 Å². The predicted molar refractivity (Wildman–Crippen MR) is 78.6 cm³/mol. The quantitative estimate of drug-likeness (QED) is 0.401. The van der Waals surface area contributed by atoms with Gasteiger partial charge in [0.15, 0.2) is 0 Å². The molecular formula is C14H30O4S. The molecule has 0 aliphatic carbocycles. The molecular weight excluding hydrogens is 264 g/mol. The first-order chi connectivity index (χ1) is 8.99. The predicted octanol–water partition coefficient (Wildman–Crippen LogP) is 4.51. The van der Waals surface area contributed by atoms with E-state index in [9.17, 15) is 8.42 Å². The van der Waals surface area contributed by atoms with Gasteiger partial charge in [0.1, 0.15) is 0 Å². The molecule has 0 aliphatic heterocycles. The summed E-state index contributed by atoms with van der Waals surface area (Å²) >= 11 is 0. The highest BCUT2D eigenvalue weighted by Gasteiger charge is 2.15. The Hall–Kier alpha value is -0.130. The maximum atomic E-state index is 10.7. The Morgan fingerprint density at radius 3 is 1.84 bits per heavy atom. The van der Waals surface area contributed by atoms with Crippen LogP contribution in [0.3, 0.4) is 0 Å². The van der Waals surface area contributed by atoms with E-state index in [1.165, 1.54) is 38.5 Å².